The number of ketones is 1. The predicted octanol–water partition coefficient (Wildman–Crippen LogP) is 2.94. The smallest absolute Gasteiger partial charge is 0.246 e. The molecule has 1 amide bonds. The molecule has 126 valence electrons. The molecule has 1 N–H and O–H groups in total. The van der Waals surface area contributed by atoms with Gasteiger partial charge in [0, 0.05) is 21.3 Å². The third-order valence-corrected chi connectivity index (χ3v) is 4.01. The van der Waals surface area contributed by atoms with E-state index in [4.69, 9.17) is 0 Å². The Kier molecular flexibility index (Phi) is 4.99. The molecular weight excluding hydrogens is 386 g/mol. The second-order valence-electron chi connectivity index (χ2n) is 5.35. The Labute approximate surface area is 152 Å². The Morgan fingerprint density at radius 1 is 1.16 bits per heavy atom. The Balaban J connectivity index is 1.74. The number of carbonyl (C=O) groups is 2. The van der Waals surface area contributed by atoms with Crippen LogP contribution in [-0.4, -0.2) is 31.9 Å². The fraction of sp³-hybridized carbons (Fsp3) is 0.118. The molecule has 25 heavy (non-hydrogen) atoms. The normalized spacial score (nSPS) is 10.5. The van der Waals surface area contributed by atoms with Crippen molar-refractivity contribution in [3.8, 4) is 11.4 Å². The SMILES string of the molecule is CC(=O)c1cccc(NC(=O)Cn2nnnc2-c2ccc(Br)cc2)c1. The monoisotopic (exact) mass is 399 g/mol. The first kappa shape index (κ1) is 17.0. The summed E-state index contributed by atoms with van der Waals surface area (Å²) in [5.74, 6) is 0.153. The average molecular weight is 400 g/mol. The number of nitrogens with one attached hydrogen (secondary N) is 1. The summed E-state index contributed by atoms with van der Waals surface area (Å²) >= 11 is 3.37. The molecule has 0 aliphatic carbocycles. The van der Waals surface area contributed by atoms with Crippen molar-refractivity contribution in [3.63, 3.8) is 0 Å². The van der Waals surface area contributed by atoms with Gasteiger partial charge in [-0.1, -0.05) is 40.2 Å². The van der Waals surface area contributed by atoms with Crippen molar-refractivity contribution in [3.05, 3.63) is 58.6 Å². The van der Waals surface area contributed by atoms with Gasteiger partial charge in [0.15, 0.2) is 11.6 Å². The zero-order valence-electron chi connectivity index (χ0n) is 13.3. The zero-order valence-corrected chi connectivity index (χ0v) is 14.9. The van der Waals surface area contributed by atoms with Crippen LogP contribution in [0.25, 0.3) is 11.4 Å². The maximum absolute atomic E-state index is 12.3. The molecule has 0 saturated heterocycles. The van der Waals surface area contributed by atoms with E-state index in [0.717, 1.165) is 10.0 Å². The van der Waals surface area contributed by atoms with Crippen LogP contribution >= 0.6 is 15.9 Å². The molecule has 0 bridgehead atoms. The van der Waals surface area contributed by atoms with Crippen LogP contribution in [0.2, 0.25) is 0 Å². The molecule has 1 heterocycles. The lowest BCUT2D eigenvalue weighted by molar-refractivity contribution is -0.116. The molecule has 0 unspecified atom stereocenters. The van der Waals surface area contributed by atoms with Crippen molar-refractivity contribution >= 4 is 33.3 Å². The minimum atomic E-state index is -0.286. The maximum atomic E-state index is 12.3. The van der Waals surface area contributed by atoms with E-state index < -0.39 is 0 Å². The summed E-state index contributed by atoms with van der Waals surface area (Å²) in [5.41, 5.74) is 1.89. The van der Waals surface area contributed by atoms with Crippen LogP contribution in [0.1, 0.15) is 17.3 Å². The van der Waals surface area contributed by atoms with Crippen LogP contribution in [0.4, 0.5) is 5.69 Å². The third kappa shape index (κ3) is 4.16. The first-order valence-corrected chi connectivity index (χ1v) is 8.25. The Morgan fingerprint density at radius 2 is 1.92 bits per heavy atom. The minimum absolute atomic E-state index is 0.0390. The highest BCUT2D eigenvalue weighted by Gasteiger charge is 2.13. The number of halogens is 1. The van der Waals surface area contributed by atoms with Crippen LogP contribution in [0, 0.1) is 0 Å². The fourth-order valence-corrected chi connectivity index (χ4v) is 2.53. The van der Waals surface area contributed by atoms with Gasteiger partial charge in [0.25, 0.3) is 0 Å². The first-order chi connectivity index (χ1) is 12.0. The topological polar surface area (TPSA) is 89.8 Å². The summed E-state index contributed by atoms with van der Waals surface area (Å²) < 4.78 is 2.37. The van der Waals surface area contributed by atoms with Crippen LogP contribution in [0.3, 0.4) is 0 Å². The van der Waals surface area contributed by atoms with Gasteiger partial charge in [-0.05, 0) is 41.6 Å². The lowest BCUT2D eigenvalue weighted by Gasteiger charge is -2.07. The van der Waals surface area contributed by atoms with Gasteiger partial charge in [0.2, 0.25) is 5.91 Å². The van der Waals surface area contributed by atoms with Crippen LogP contribution in [0.5, 0.6) is 0 Å². The highest BCUT2D eigenvalue weighted by Crippen LogP contribution is 2.19. The highest BCUT2D eigenvalue weighted by molar-refractivity contribution is 9.10. The van der Waals surface area contributed by atoms with E-state index in [1.54, 1.807) is 24.3 Å². The van der Waals surface area contributed by atoms with E-state index in [1.165, 1.54) is 11.6 Å². The standard InChI is InChI=1S/C17H14BrN5O2/c1-11(24)13-3-2-4-15(9-13)19-16(25)10-23-17(20-21-22-23)12-5-7-14(18)8-6-12/h2-9H,10H2,1H3,(H,19,25). The van der Waals surface area contributed by atoms with Crippen molar-refractivity contribution in [2.75, 3.05) is 5.32 Å². The minimum Gasteiger partial charge on any atom is -0.324 e. The fourth-order valence-electron chi connectivity index (χ4n) is 2.27. The van der Waals surface area contributed by atoms with Gasteiger partial charge < -0.3 is 5.32 Å². The lowest BCUT2D eigenvalue weighted by Crippen LogP contribution is -2.20. The number of carbonyl (C=O) groups excluding carboxylic acids is 2. The molecule has 0 spiro atoms. The molecule has 7 nitrogen and oxygen atoms in total. The second-order valence-corrected chi connectivity index (χ2v) is 6.27. The van der Waals surface area contributed by atoms with Crippen LogP contribution < -0.4 is 5.32 Å². The molecule has 0 atom stereocenters. The second kappa shape index (κ2) is 7.35. The van der Waals surface area contributed by atoms with Gasteiger partial charge in [0.05, 0.1) is 0 Å². The molecule has 0 aliphatic heterocycles. The zero-order chi connectivity index (χ0) is 17.8. The van der Waals surface area contributed by atoms with Crippen molar-refractivity contribution < 1.29 is 9.59 Å². The number of benzene rings is 2. The Bertz CT molecular complexity index is 921. The molecule has 1 aromatic heterocycles. The molecule has 0 aliphatic rings. The van der Waals surface area contributed by atoms with E-state index in [2.05, 4.69) is 36.8 Å². The molecule has 0 radical (unpaired) electrons. The molecule has 0 fully saturated rings. The summed E-state index contributed by atoms with van der Waals surface area (Å²) in [5, 5.41) is 14.2. The van der Waals surface area contributed by atoms with Gasteiger partial charge in [0.1, 0.15) is 6.54 Å². The number of hydrogen-bond donors (Lipinski definition) is 1. The van der Waals surface area contributed by atoms with Gasteiger partial charge in [-0.15, -0.1) is 5.10 Å². The van der Waals surface area contributed by atoms with Crippen molar-refractivity contribution in [2.45, 2.75) is 13.5 Å². The quantitative estimate of drug-likeness (QED) is 0.666. The van der Waals surface area contributed by atoms with E-state index in [9.17, 15) is 9.59 Å². The number of hydrogen-bond acceptors (Lipinski definition) is 5. The van der Waals surface area contributed by atoms with Crippen LogP contribution in [0.15, 0.2) is 53.0 Å². The summed E-state index contributed by atoms with van der Waals surface area (Å²) in [6.07, 6.45) is 0. The number of tetrazole rings is 1. The van der Waals surface area contributed by atoms with Gasteiger partial charge in [-0.2, -0.15) is 0 Å². The average Bonchev–Trinajstić information content (AvgIpc) is 3.03. The molecular formula is C17H14BrN5O2. The number of rotatable bonds is 5. The molecule has 3 rings (SSSR count). The lowest BCUT2D eigenvalue weighted by atomic mass is 10.1. The van der Waals surface area contributed by atoms with Crippen LogP contribution in [-0.2, 0) is 11.3 Å². The first-order valence-electron chi connectivity index (χ1n) is 7.46. The number of amides is 1. The van der Waals surface area contributed by atoms with E-state index >= 15 is 0 Å². The number of anilines is 1. The van der Waals surface area contributed by atoms with Crippen molar-refractivity contribution in [1.82, 2.24) is 20.2 Å². The number of nitrogens with zero attached hydrogens (tertiary/aromatic N) is 4. The summed E-state index contributed by atoms with van der Waals surface area (Å²) in [7, 11) is 0. The summed E-state index contributed by atoms with van der Waals surface area (Å²) in [6.45, 7) is 1.44. The van der Waals surface area contributed by atoms with Gasteiger partial charge in [-0.25, -0.2) is 4.68 Å². The van der Waals surface area contributed by atoms with E-state index in [-0.39, 0.29) is 18.2 Å². The Morgan fingerprint density at radius 3 is 2.64 bits per heavy atom. The summed E-state index contributed by atoms with van der Waals surface area (Å²) in [4.78, 5) is 23.7. The molecule has 3 aromatic rings. The van der Waals surface area contributed by atoms with E-state index in [1.807, 2.05) is 24.3 Å². The summed E-state index contributed by atoms with van der Waals surface area (Å²) in [6, 6.07) is 14.3. The largest absolute Gasteiger partial charge is 0.324 e. The van der Waals surface area contributed by atoms with Crippen molar-refractivity contribution in [2.24, 2.45) is 0 Å². The third-order valence-electron chi connectivity index (χ3n) is 3.48. The number of Topliss-reactive ketones (excluding diaryl/α,β-unsaturated/α-hetero) is 1. The molecule has 2 aromatic carbocycles. The maximum Gasteiger partial charge on any atom is 0.246 e. The van der Waals surface area contributed by atoms with Gasteiger partial charge >= 0.3 is 0 Å². The Hall–Kier alpha value is -2.87. The number of aromatic nitrogens is 4. The molecule has 8 heteroatoms. The highest BCUT2D eigenvalue weighted by atomic mass is 79.9. The van der Waals surface area contributed by atoms with E-state index in [0.29, 0.717) is 17.1 Å². The molecule has 0 saturated carbocycles. The predicted molar refractivity (Wildman–Crippen MR) is 96.0 cm³/mol. The van der Waals surface area contributed by atoms with Crippen molar-refractivity contribution in [1.29, 1.82) is 0 Å². The van der Waals surface area contributed by atoms with Gasteiger partial charge in [-0.3, -0.25) is 9.59 Å².